The van der Waals surface area contributed by atoms with Gasteiger partial charge in [-0.2, -0.15) is 8.78 Å². The molecule has 0 radical (unpaired) electrons. The fourth-order valence-corrected chi connectivity index (χ4v) is 4.44. The van der Waals surface area contributed by atoms with E-state index in [1.807, 2.05) is 0 Å². The zero-order chi connectivity index (χ0) is 22.3. The van der Waals surface area contributed by atoms with Gasteiger partial charge in [0.05, 0.1) is 23.5 Å². The van der Waals surface area contributed by atoms with Crippen molar-refractivity contribution >= 4 is 34.2 Å². The van der Waals surface area contributed by atoms with Gasteiger partial charge in [0.1, 0.15) is 5.82 Å². The van der Waals surface area contributed by atoms with Gasteiger partial charge in [0.2, 0.25) is 5.91 Å². The average Bonchev–Trinajstić information content (AvgIpc) is 2.98. The molecule has 10 heteroatoms. The second-order valence-electron chi connectivity index (χ2n) is 7.64. The normalized spacial score (nSPS) is 16.9. The Labute approximate surface area is 180 Å². The van der Waals surface area contributed by atoms with Crippen molar-refractivity contribution < 1.29 is 18.0 Å². The summed E-state index contributed by atoms with van der Waals surface area (Å²) in [7, 11) is 0. The summed E-state index contributed by atoms with van der Waals surface area (Å²) in [6.45, 7) is -2.36. The number of halogens is 4. The highest BCUT2D eigenvalue weighted by atomic mass is 35.5. The Balaban J connectivity index is 1.64. The minimum atomic E-state index is -3.00. The lowest BCUT2D eigenvalue weighted by molar-refractivity contribution is -0.132. The number of nitrogen functional groups attached to an aromatic ring is 1. The first-order valence-electron chi connectivity index (χ1n) is 9.77. The number of piperidine rings is 1. The van der Waals surface area contributed by atoms with E-state index in [0.717, 1.165) is 6.07 Å². The van der Waals surface area contributed by atoms with Crippen molar-refractivity contribution in [3.05, 3.63) is 63.3 Å². The number of likely N-dealkylation sites (tertiary alicyclic amines) is 1. The molecule has 1 atom stereocenters. The van der Waals surface area contributed by atoms with Crippen molar-refractivity contribution in [2.75, 3.05) is 18.8 Å². The summed E-state index contributed by atoms with van der Waals surface area (Å²) in [6, 6.07) is 7.79. The van der Waals surface area contributed by atoms with Gasteiger partial charge in [-0.3, -0.25) is 9.36 Å². The van der Waals surface area contributed by atoms with Gasteiger partial charge in [-0.25, -0.2) is 13.8 Å². The van der Waals surface area contributed by atoms with E-state index in [2.05, 4.69) is 0 Å². The molecule has 4 rings (SSSR count). The van der Waals surface area contributed by atoms with Crippen LogP contribution in [0.2, 0.25) is 5.02 Å². The second-order valence-corrected chi connectivity index (χ2v) is 8.08. The maximum absolute atomic E-state index is 13.6. The van der Waals surface area contributed by atoms with E-state index < -0.39 is 24.1 Å². The molecular formula is C21H20ClF3N4O2. The van der Waals surface area contributed by atoms with Crippen molar-refractivity contribution in [3.63, 3.8) is 0 Å². The molecule has 1 saturated heterocycles. The number of rotatable bonds is 4. The molecule has 2 aromatic carbocycles. The van der Waals surface area contributed by atoms with Gasteiger partial charge < -0.3 is 10.6 Å². The first-order valence-corrected chi connectivity index (χ1v) is 10.1. The zero-order valence-corrected chi connectivity index (χ0v) is 17.2. The third-order valence-electron chi connectivity index (χ3n) is 5.52. The minimum absolute atomic E-state index is 0.0508. The molecule has 1 aliphatic heterocycles. The monoisotopic (exact) mass is 452 g/mol. The number of nitrogens with zero attached hydrogens (tertiary/aromatic N) is 3. The summed E-state index contributed by atoms with van der Waals surface area (Å²) in [6.07, 6.45) is 1.09. The van der Waals surface area contributed by atoms with Crippen LogP contribution in [-0.2, 0) is 11.2 Å². The van der Waals surface area contributed by atoms with E-state index in [1.165, 1.54) is 34.9 Å². The number of carbonyl (C=O) groups excluding carboxylic acids is 1. The van der Waals surface area contributed by atoms with E-state index in [4.69, 9.17) is 17.3 Å². The van der Waals surface area contributed by atoms with Crippen molar-refractivity contribution in [2.45, 2.75) is 31.9 Å². The molecule has 2 heterocycles. The van der Waals surface area contributed by atoms with Crippen LogP contribution in [-0.4, -0.2) is 33.0 Å². The average molecular weight is 453 g/mol. The smallest absolute Gasteiger partial charge is 0.333 e. The van der Waals surface area contributed by atoms with Crippen molar-refractivity contribution in [1.82, 2.24) is 14.0 Å². The summed E-state index contributed by atoms with van der Waals surface area (Å²) in [5.74, 6) is -0.785. The SMILES string of the molecule is Nc1ccc2c(c1)n(C1CCCN(C(=O)Cc3cc(F)cc(Cl)c3)C1)c(=O)n2C(F)F. The van der Waals surface area contributed by atoms with E-state index in [9.17, 15) is 22.8 Å². The summed E-state index contributed by atoms with van der Waals surface area (Å²) < 4.78 is 42.4. The predicted octanol–water partition coefficient (Wildman–Crippen LogP) is 3.98. The van der Waals surface area contributed by atoms with Crippen LogP contribution in [0.25, 0.3) is 11.0 Å². The Bertz CT molecular complexity index is 1190. The number of carbonyl (C=O) groups is 1. The topological polar surface area (TPSA) is 73.3 Å². The fourth-order valence-electron chi connectivity index (χ4n) is 4.19. The third-order valence-corrected chi connectivity index (χ3v) is 5.74. The molecular weight excluding hydrogens is 433 g/mol. The molecule has 0 saturated carbocycles. The minimum Gasteiger partial charge on any atom is -0.399 e. The molecule has 0 bridgehead atoms. The number of hydrogen-bond acceptors (Lipinski definition) is 3. The van der Waals surface area contributed by atoms with Gasteiger partial charge in [-0.1, -0.05) is 11.6 Å². The van der Waals surface area contributed by atoms with Crippen LogP contribution in [0.3, 0.4) is 0 Å². The molecule has 0 spiro atoms. The Morgan fingerprint density at radius 2 is 1.97 bits per heavy atom. The van der Waals surface area contributed by atoms with Crippen LogP contribution in [0.1, 0.15) is 31.0 Å². The highest BCUT2D eigenvalue weighted by Crippen LogP contribution is 2.28. The summed E-state index contributed by atoms with van der Waals surface area (Å²) in [5, 5.41) is 0.197. The Morgan fingerprint density at radius 3 is 2.68 bits per heavy atom. The number of benzene rings is 2. The Morgan fingerprint density at radius 1 is 1.19 bits per heavy atom. The van der Waals surface area contributed by atoms with Gasteiger partial charge in [0, 0.05) is 23.8 Å². The molecule has 0 aliphatic carbocycles. The van der Waals surface area contributed by atoms with E-state index in [-0.39, 0.29) is 29.4 Å². The number of anilines is 1. The molecule has 1 aromatic heterocycles. The number of imidazole rings is 1. The maximum atomic E-state index is 13.6. The van der Waals surface area contributed by atoms with Crippen molar-refractivity contribution in [3.8, 4) is 0 Å². The first-order chi connectivity index (χ1) is 14.7. The van der Waals surface area contributed by atoms with Crippen LogP contribution in [0.15, 0.2) is 41.2 Å². The Hall–Kier alpha value is -2.94. The van der Waals surface area contributed by atoms with Crippen LogP contribution in [0.5, 0.6) is 0 Å². The van der Waals surface area contributed by atoms with E-state index >= 15 is 0 Å². The lowest BCUT2D eigenvalue weighted by Gasteiger charge is -2.33. The molecule has 6 nitrogen and oxygen atoms in total. The van der Waals surface area contributed by atoms with Crippen LogP contribution in [0, 0.1) is 5.82 Å². The number of fused-ring (bicyclic) bond motifs is 1. The highest BCUT2D eigenvalue weighted by molar-refractivity contribution is 6.30. The molecule has 1 aliphatic rings. The van der Waals surface area contributed by atoms with Gasteiger partial charge in [-0.05, 0) is 54.8 Å². The molecule has 31 heavy (non-hydrogen) atoms. The number of aromatic nitrogens is 2. The van der Waals surface area contributed by atoms with Crippen LogP contribution < -0.4 is 11.4 Å². The standard InChI is InChI=1S/C21H20ClF3N4O2/c22-13-6-12(7-14(23)9-13)8-19(30)27-5-1-2-16(11-27)28-18-10-15(26)3-4-17(18)29(20(24)25)21(28)31/h3-4,6-7,9-10,16,20H,1-2,5,8,11,26H2. The molecule has 2 N–H and O–H groups in total. The maximum Gasteiger partial charge on any atom is 0.333 e. The summed E-state index contributed by atoms with van der Waals surface area (Å²) in [4.78, 5) is 27.2. The molecule has 1 fully saturated rings. The third kappa shape index (κ3) is 4.14. The lowest BCUT2D eigenvalue weighted by atomic mass is 10.0. The van der Waals surface area contributed by atoms with Gasteiger partial charge in [-0.15, -0.1) is 0 Å². The first kappa shape index (κ1) is 21.3. The molecule has 164 valence electrons. The highest BCUT2D eigenvalue weighted by Gasteiger charge is 2.29. The van der Waals surface area contributed by atoms with Gasteiger partial charge in [0.15, 0.2) is 0 Å². The molecule has 1 unspecified atom stereocenters. The number of alkyl halides is 2. The summed E-state index contributed by atoms with van der Waals surface area (Å²) >= 11 is 5.86. The van der Waals surface area contributed by atoms with Crippen molar-refractivity contribution in [1.29, 1.82) is 0 Å². The Kier molecular flexibility index (Phi) is 5.70. The predicted molar refractivity (Wildman–Crippen MR) is 112 cm³/mol. The second kappa shape index (κ2) is 8.30. The zero-order valence-electron chi connectivity index (χ0n) is 16.4. The van der Waals surface area contributed by atoms with Crippen LogP contribution >= 0.6 is 11.6 Å². The van der Waals surface area contributed by atoms with E-state index in [0.29, 0.717) is 40.7 Å². The number of amides is 1. The van der Waals surface area contributed by atoms with Gasteiger partial charge in [0.25, 0.3) is 0 Å². The van der Waals surface area contributed by atoms with Gasteiger partial charge >= 0.3 is 12.2 Å². The largest absolute Gasteiger partial charge is 0.399 e. The lowest BCUT2D eigenvalue weighted by Crippen LogP contribution is -2.43. The fraction of sp³-hybridized carbons (Fsp3) is 0.333. The summed E-state index contributed by atoms with van der Waals surface area (Å²) in [5.41, 5.74) is 6.17. The molecule has 1 amide bonds. The number of nitrogens with two attached hydrogens (primary N) is 1. The number of hydrogen-bond donors (Lipinski definition) is 1. The van der Waals surface area contributed by atoms with Crippen LogP contribution in [0.4, 0.5) is 18.9 Å². The molecule has 3 aromatic rings. The quantitative estimate of drug-likeness (QED) is 0.608. The van der Waals surface area contributed by atoms with E-state index in [1.54, 1.807) is 4.90 Å². The van der Waals surface area contributed by atoms with Crippen molar-refractivity contribution in [2.24, 2.45) is 0 Å².